The zero-order valence-corrected chi connectivity index (χ0v) is 13.8. The molecule has 2 atom stereocenters. The number of rotatable bonds is 5. The lowest BCUT2D eigenvalue weighted by atomic mass is 9.88. The molecule has 4 nitrogen and oxygen atoms in total. The third-order valence-electron chi connectivity index (χ3n) is 4.24. The number of nitrogens with zero attached hydrogens (tertiary/aromatic N) is 1. The summed E-state index contributed by atoms with van der Waals surface area (Å²) in [4.78, 5) is 13.8. The third-order valence-corrected chi connectivity index (χ3v) is 4.24. The average Bonchev–Trinajstić information content (AvgIpc) is 2.83. The van der Waals surface area contributed by atoms with Crippen LogP contribution in [0, 0.1) is 11.8 Å². The predicted octanol–water partition coefficient (Wildman–Crippen LogP) is 3.40. The molecule has 20 heavy (non-hydrogen) atoms. The lowest BCUT2D eigenvalue weighted by Crippen LogP contribution is -2.38. The van der Waals surface area contributed by atoms with Gasteiger partial charge in [0.15, 0.2) is 0 Å². The van der Waals surface area contributed by atoms with E-state index >= 15 is 0 Å². The highest BCUT2D eigenvalue weighted by Gasteiger charge is 2.33. The summed E-state index contributed by atoms with van der Waals surface area (Å²) < 4.78 is 5.42. The molecule has 0 saturated carbocycles. The molecular formula is C16H32N2O2. The second-order valence-corrected chi connectivity index (χ2v) is 7.06. The standard InChI is InChI=1S/C16H32N2O2/c1-6-12(7-2)10-14(17)13-8-9-18(11-13)15(19)20-16(3,4)5/h12-14H,6-11,17H2,1-5H3. The van der Waals surface area contributed by atoms with E-state index in [1.165, 1.54) is 12.8 Å². The van der Waals surface area contributed by atoms with Gasteiger partial charge < -0.3 is 15.4 Å². The first-order chi connectivity index (χ1) is 9.26. The summed E-state index contributed by atoms with van der Waals surface area (Å²) in [6.07, 6.45) is 4.24. The molecule has 1 saturated heterocycles. The monoisotopic (exact) mass is 284 g/mol. The van der Waals surface area contributed by atoms with Gasteiger partial charge >= 0.3 is 6.09 Å². The van der Waals surface area contributed by atoms with Gasteiger partial charge in [-0.25, -0.2) is 4.79 Å². The number of carbonyl (C=O) groups excluding carboxylic acids is 1. The first-order valence-corrected chi connectivity index (χ1v) is 8.00. The van der Waals surface area contributed by atoms with E-state index in [0.29, 0.717) is 11.8 Å². The van der Waals surface area contributed by atoms with Gasteiger partial charge in [-0.05, 0) is 45.4 Å². The van der Waals surface area contributed by atoms with Gasteiger partial charge in [-0.1, -0.05) is 26.7 Å². The van der Waals surface area contributed by atoms with Gasteiger partial charge in [-0.3, -0.25) is 0 Å². The lowest BCUT2D eigenvalue weighted by molar-refractivity contribution is 0.0286. The van der Waals surface area contributed by atoms with E-state index < -0.39 is 5.60 Å². The van der Waals surface area contributed by atoms with Crippen LogP contribution in [0.15, 0.2) is 0 Å². The molecule has 1 aliphatic rings. The van der Waals surface area contributed by atoms with Crippen LogP contribution in [0.2, 0.25) is 0 Å². The highest BCUT2D eigenvalue weighted by atomic mass is 16.6. The first-order valence-electron chi connectivity index (χ1n) is 8.00. The van der Waals surface area contributed by atoms with Crippen LogP contribution in [0.5, 0.6) is 0 Å². The molecule has 4 heteroatoms. The van der Waals surface area contributed by atoms with Crippen LogP contribution in [-0.2, 0) is 4.74 Å². The van der Waals surface area contributed by atoms with Crippen LogP contribution in [0.3, 0.4) is 0 Å². The molecule has 0 aromatic carbocycles. The van der Waals surface area contributed by atoms with Crippen LogP contribution in [0.1, 0.15) is 60.3 Å². The van der Waals surface area contributed by atoms with Crippen molar-refractivity contribution in [3.63, 3.8) is 0 Å². The fraction of sp³-hybridized carbons (Fsp3) is 0.938. The fourth-order valence-corrected chi connectivity index (χ4v) is 2.83. The van der Waals surface area contributed by atoms with E-state index in [2.05, 4.69) is 13.8 Å². The number of ether oxygens (including phenoxy) is 1. The van der Waals surface area contributed by atoms with Gasteiger partial charge in [0.1, 0.15) is 5.60 Å². The Labute approximate surface area is 124 Å². The summed E-state index contributed by atoms with van der Waals surface area (Å²) in [6.45, 7) is 11.7. The summed E-state index contributed by atoms with van der Waals surface area (Å²) in [5.74, 6) is 1.13. The molecule has 1 heterocycles. The number of hydrogen-bond donors (Lipinski definition) is 1. The quantitative estimate of drug-likeness (QED) is 0.842. The molecule has 2 N–H and O–H groups in total. The van der Waals surface area contributed by atoms with Gasteiger partial charge in [0.25, 0.3) is 0 Å². The van der Waals surface area contributed by atoms with Crippen LogP contribution in [0.4, 0.5) is 4.79 Å². The molecule has 0 aromatic rings. The van der Waals surface area contributed by atoms with Crippen molar-refractivity contribution in [2.75, 3.05) is 13.1 Å². The number of likely N-dealkylation sites (tertiary alicyclic amines) is 1. The van der Waals surface area contributed by atoms with Crippen molar-refractivity contribution >= 4 is 6.09 Å². The van der Waals surface area contributed by atoms with Gasteiger partial charge in [0, 0.05) is 19.1 Å². The number of nitrogens with two attached hydrogens (primary N) is 1. The molecule has 0 aliphatic carbocycles. The van der Waals surface area contributed by atoms with Crippen molar-refractivity contribution in [1.29, 1.82) is 0 Å². The Morgan fingerprint density at radius 1 is 1.35 bits per heavy atom. The second kappa shape index (κ2) is 7.30. The molecule has 1 rings (SSSR count). The fourth-order valence-electron chi connectivity index (χ4n) is 2.83. The third kappa shape index (κ3) is 5.31. The highest BCUT2D eigenvalue weighted by molar-refractivity contribution is 5.68. The molecule has 0 spiro atoms. The maximum atomic E-state index is 12.0. The zero-order valence-electron chi connectivity index (χ0n) is 13.8. The van der Waals surface area contributed by atoms with E-state index in [1.54, 1.807) is 0 Å². The van der Waals surface area contributed by atoms with Gasteiger partial charge in [-0.2, -0.15) is 0 Å². The maximum Gasteiger partial charge on any atom is 0.410 e. The molecular weight excluding hydrogens is 252 g/mol. The minimum Gasteiger partial charge on any atom is -0.444 e. The summed E-state index contributed by atoms with van der Waals surface area (Å²) >= 11 is 0. The summed E-state index contributed by atoms with van der Waals surface area (Å²) in [5, 5.41) is 0. The summed E-state index contributed by atoms with van der Waals surface area (Å²) in [6, 6.07) is 0.201. The van der Waals surface area contributed by atoms with Crippen LogP contribution in [-0.4, -0.2) is 35.7 Å². The minimum atomic E-state index is -0.424. The SMILES string of the molecule is CCC(CC)CC(N)C1CCN(C(=O)OC(C)(C)C)C1. The number of hydrogen-bond acceptors (Lipinski definition) is 3. The topological polar surface area (TPSA) is 55.6 Å². The van der Waals surface area contributed by atoms with Crippen molar-refractivity contribution in [2.45, 2.75) is 71.9 Å². The van der Waals surface area contributed by atoms with E-state index in [9.17, 15) is 4.79 Å². The molecule has 1 aliphatic heterocycles. The number of amides is 1. The Balaban J connectivity index is 2.44. The molecule has 1 amide bonds. The van der Waals surface area contributed by atoms with E-state index in [1.807, 2.05) is 25.7 Å². The Morgan fingerprint density at radius 3 is 2.45 bits per heavy atom. The van der Waals surface area contributed by atoms with Crippen molar-refractivity contribution in [2.24, 2.45) is 17.6 Å². The molecule has 118 valence electrons. The maximum absolute atomic E-state index is 12.0. The first kappa shape index (κ1) is 17.3. The summed E-state index contributed by atoms with van der Waals surface area (Å²) in [5.41, 5.74) is 5.92. The lowest BCUT2D eigenvalue weighted by Gasteiger charge is -2.26. The van der Waals surface area contributed by atoms with Crippen molar-refractivity contribution in [1.82, 2.24) is 4.90 Å². The predicted molar refractivity (Wildman–Crippen MR) is 82.6 cm³/mol. The molecule has 0 bridgehead atoms. The Bertz CT molecular complexity index is 308. The van der Waals surface area contributed by atoms with Crippen LogP contribution < -0.4 is 5.73 Å². The van der Waals surface area contributed by atoms with E-state index in [0.717, 1.165) is 25.9 Å². The summed E-state index contributed by atoms with van der Waals surface area (Å²) in [7, 11) is 0. The normalized spacial score (nSPS) is 21.4. The number of carbonyl (C=O) groups is 1. The average molecular weight is 284 g/mol. The van der Waals surface area contributed by atoms with Gasteiger partial charge in [0.05, 0.1) is 0 Å². The minimum absolute atomic E-state index is 0.199. The van der Waals surface area contributed by atoms with Crippen molar-refractivity contribution in [3.05, 3.63) is 0 Å². The highest BCUT2D eigenvalue weighted by Crippen LogP contribution is 2.26. The van der Waals surface area contributed by atoms with E-state index in [-0.39, 0.29) is 12.1 Å². The van der Waals surface area contributed by atoms with Crippen molar-refractivity contribution < 1.29 is 9.53 Å². The molecule has 0 aromatic heterocycles. The largest absolute Gasteiger partial charge is 0.444 e. The molecule has 1 fully saturated rings. The molecule has 0 radical (unpaired) electrons. The second-order valence-electron chi connectivity index (χ2n) is 7.06. The Hall–Kier alpha value is -0.770. The molecule has 2 unspecified atom stereocenters. The van der Waals surface area contributed by atoms with Gasteiger partial charge in [-0.15, -0.1) is 0 Å². The van der Waals surface area contributed by atoms with E-state index in [4.69, 9.17) is 10.5 Å². The van der Waals surface area contributed by atoms with Gasteiger partial charge in [0.2, 0.25) is 0 Å². The van der Waals surface area contributed by atoms with Crippen LogP contribution >= 0.6 is 0 Å². The van der Waals surface area contributed by atoms with Crippen LogP contribution in [0.25, 0.3) is 0 Å². The Morgan fingerprint density at radius 2 is 1.95 bits per heavy atom. The zero-order chi connectivity index (χ0) is 15.3. The van der Waals surface area contributed by atoms with Crippen molar-refractivity contribution in [3.8, 4) is 0 Å². The smallest absolute Gasteiger partial charge is 0.410 e. The Kier molecular flexibility index (Phi) is 6.31.